The number of halogens is 1. The zero-order valence-electron chi connectivity index (χ0n) is 18.0. The van der Waals surface area contributed by atoms with Gasteiger partial charge in [-0.05, 0) is 48.7 Å². The highest BCUT2D eigenvalue weighted by Crippen LogP contribution is 2.30. The van der Waals surface area contributed by atoms with Crippen molar-refractivity contribution < 1.29 is 19.1 Å². The van der Waals surface area contributed by atoms with Crippen molar-refractivity contribution in [2.24, 2.45) is 5.92 Å². The fourth-order valence-corrected chi connectivity index (χ4v) is 4.20. The van der Waals surface area contributed by atoms with E-state index in [-0.39, 0.29) is 17.7 Å². The summed E-state index contributed by atoms with van der Waals surface area (Å²) in [6.45, 7) is 1.36. The molecule has 2 aromatic carbocycles. The number of hydrogen-bond donors (Lipinski definition) is 1. The summed E-state index contributed by atoms with van der Waals surface area (Å²) in [4.78, 5) is 27.2. The second kappa shape index (κ2) is 10.6. The van der Waals surface area contributed by atoms with Crippen LogP contribution in [0.1, 0.15) is 28.8 Å². The molecule has 3 aromatic rings. The van der Waals surface area contributed by atoms with Crippen LogP contribution in [0.2, 0.25) is 5.02 Å². The number of piperidine rings is 1. The van der Waals surface area contributed by atoms with Gasteiger partial charge < -0.3 is 19.7 Å². The third kappa shape index (κ3) is 5.80. The topological polar surface area (TPSA) is 93.7 Å². The van der Waals surface area contributed by atoms with Crippen molar-refractivity contribution >= 4 is 39.9 Å². The Morgan fingerprint density at radius 2 is 1.91 bits per heavy atom. The molecule has 1 fully saturated rings. The highest BCUT2D eigenvalue weighted by Gasteiger charge is 2.28. The normalized spacial score (nSPS) is 14.1. The Morgan fingerprint density at radius 1 is 1.15 bits per heavy atom. The molecule has 1 saturated heterocycles. The minimum atomic E-state index is -0.156. The summed E-state index contributed by atoms with van der Waals surface area (Å²) >= 11 is 7.20. The Hall–Kier alpha value is -3.17. The van der Waals surface area contributed by atoms with Crippen LogP contribution in [0.4, 0.5) is 5.13 Å². The predicted octanol–water partition coefficient (Wildman–Crippen LogP) is 4.27. The van der Waals surface area contributed by atoms with Crippen molar-refractivity contribution in [1.29, 1.82) is 0 Å². The molecule has 2 heterocycles. The average Bonchev–Trinajstić information content (AvgIpc) is 3.36. The van der Waals surface area contributed by atoms with Crippen molar-refractivity contribution in [2.45, 2.75) is 19.4 Å². The van der Waals surface area contributed by atoms with Crippen LogP contribution in [0.25, 0.3) is 0 Å². The molecule has 4 rings (SSSR count). The van der Waals surface area contributed by atoms with Crippen molar-refractivity contribution in [3.63, 3.8) is 0 Å². The third-order valence-corrected chi connectivity index (χ3v) is 6.32. The van der Waals surface area contributed by atoms with Gasteiger partial charge >= 0.3 is 0 Å². The lowest BCUT2D eigenvalue weighted by Crippen LogP contribution is -2.41. The molecule has 8 nitrogen and oxygen atoms in total. The summed E-state index contributed by atoms with van der Waals surface area (Å²) in [6.07, 6.45) is 1.19. The van der Waals surface area contributed by atoms with Crippen LogP contribution in [-0.2, 0) is 11.4 Å². The molecule has 1 aliphatic rings. The van der Waals surface area contributed by atoms with E-state index in [9.17, 15) is 9.59 Å². The maximum atomic E-state index is 13.0. The molecule has 0 spiro atoms. The fraction of sp³-hybridized carbons (Fsp3) is 0.304. The molecule has 0 unspecified atom stereocenters. The number of hydrogen-bond acceptors (Lipinski definition) is 7. The molecule has 33 heavy (non-hydrogen) atoms. The number of carbonyl (C=O) groups is 2. The second-order valence-electron chi connectivity index (χ2n) is 7.58. The molecule has 10 heteroatoms. The monoisotopic (exact) mass is 486 g/mol. The van der Waals surface area contributed by atoms with E-state index in [4.69, 9.17) is 21.1 Å². The maximum Gasteiger partial charge on any atom is 0.253 e. The Balaban J connectivity index is 1.34. The summed E-state index contributed by atoms with van der Waals surface area (Å²) in [5.41, 5.74) is 3.06. The Kier molecular flexibility index (Phi) is 7.41. The maximum absolute atomic E-state index is 13.0. The van der Waals surface area contributed by atoms with E-state index in [0.29, 0.717) is 59.8 Å². The summed E-state index contributed by atoms with van der Waals surface area (Å²) in [5.74, 6) is 0.705. The highest BCUT2D eigenvalue weighted by molar-refractivity contribution is 7.13. The SMILES string of the molecule is COc1cc(C(=O)N2CCC(C(=O)Nc3nncs3)CC2)ccc1OCc1ccc(Cl)cc1. The number of carbonyl (C=O) groups excluding carboxylic acids is 2. The number of rotatable bonds is 7. The first kappa shape index (κ1) is 23.0. The summed E-state index contributed by atoms with van der Waals surface area (Å²) in [6, 6.07) is 12.6. The van der Waals surface area contributed by atoms with Gasteiger partial charge in [-0.1, -0.05) is 35.1 Å². The molecule has 0 bridgehead atoms. The molecule has 0 radical (unpaired) electrons. The molecular weight excluding hydrogens is 464 g/mol. The molecule has 1 aromatic heterocycles. The van der Waals surface area contributed by atoms with Gasteiger partial charge in [0.25, 0.3) is 5.91 Å². The minimum Gasteiger partial charge on any atom is -0.493 e. The first-order valence-corrected chi connectivity index (χ1v) is 11.7. The smallest absolute Gasteiger partial charge is 0.253 e. The molecular formula is C23H23ClN4O4S. The van der Waals surface area contributed by atoms with Gasteiger partial charge in [-0.25, -0.2) is 0 Å². The minimum absolute atomic E-state index is 0.0808. The van der Waals surface area contributed by atoms with Gasteiger partial charge in [0.1, 0.15) is 12.1 Å². The lowest BCUT2D eigenvalue weighted by molar-refractivity contribution is -0.121. The summed E-state index contributed by atoms with van der Waals surface area (Å²) < 4.78 is 11.3. The van der Waals surface area contributed by atoms with Crippen molar-refractivity contribution in [3.05, 3.63) is 64.1 Å². The van der Waals surface area contributed by atoms with E-state index >= 15 is 0 Å². The zero-order chi connectivity index (χ0) is 23.2. The van der Waals surface area contributed by atoms with Crippen molar-refractivity contribution in [3.8, 4) is 11.5 Å². The standard InChI is InChI=1S/C23H23ClN4O4S/c1-31-20-12-17(4-7-19(20)32-13-15-2-5-18(24)6-3-15)22(30)28-10-8-16(9-11-28)21(29)26-23-27-25-14-33-23/h2-7,12,14,16H,8-11,13H2,1H3,(H,26,27,29). The lowest BCUT2D eigenvalue weighted by atomic mass is 9.95. The average molecular weight is 487 g/mol. The van der Waals surface area contributed by atoms with E-state index in [1.54, 1.807) is 35.7 Å². The van der Waals surface area contributed by atoms with Crippen LogP contribution >= 0.6 is 22.9 Å². The van der Waals surface area contributed by atoms with Gasteiger partial charge in [0.15, 0.2) is 11.5 Å². The lowest BCUT2D eigenvalue weighted by Gasteiger charge is -2.31. The van der Waals surface area contributed by atoms with Gasteiger partial charge in [-0.2, -0.15) is 0 Å². The molecule has 172 valence electrons. The molecule has 1 aliphatic heterocycles. The number of methoxy groups -OCH3 is 1. The zero-order valence-corrected chi connectivity index (χ0v) is 19.6. The predicted molar refractivity (Wildman–Crippen MR) is 126 cm³/mol. The van der Waals surface area contributed by atoms with Crippen molar-refractivity contribution in [1.82, 2.24) is 15.1 Å². The van der Waals surface area contributed by atoms with Gasteiger partial charge in [0.05, 0.1) is 7.11 Å². The molecule has 0 aliphatic carbocycles. The highest BCUT2D eigenvalue weighted by atomic mass is 35.5. The number of ether oxygens (including phenoxy) is 2. The van der Waals surface area contributed by atoms with Crippen LogP contribution in [0.5, 0.6) is 11.5 Å². The Morgan fingerprint density at radius 3 is 2.58 bits per heavy atom. The van der Waals surface area contributed by atoms with E-state index in [2.05, 4.69) is 15.5 Å². The molecule has 1 N–H and O–H groups in total. The first-order valence-electron chi connectivity index (χ1n) is 10.4. The number of nitrogens with one attached hydrogen (secondary N) is 1. The quantitative estimate of drug-likeness (QED) is 0.536. The number of nitrogens with zero attached hydrogens (tertiary/aromatic N) is 3. The van der Waals surface area contributed by atoms with Crippen molar-refractivity contribution in [2.75, 3.05) is 25.5 Å². The Labute approximate surface area is 200 Å². The summed E-state index contributed by atoms with van der Waals surface area (Å²) in [5, 5.41) is 11.5. The van der Waals surface area contributed by atoms with E-state index in [1.807, 2.05) is 24.3 Å². The van der Waals surface area contributed by atoms with E-state index in [0.717, 1.165) is 5.56 Å². The fourth-order valence-electron chi connectivity index (χ4n) is 3.62. The van der Waals surface area contributed by atoms with Gasteiger partial charge in [-0.3, -0.25) is 9.59 Å². The number of amides is 2. The van der Waals surface area contributed by atoms with Crippen LogP contribution in [0.3, 0.4) is 0 Å². The van der Waals surface area contributed by atoms with Crippen LogP contribution < -0.4 is 14.8 Å². The number of anilines is 1. The largest absolute Gasteiger partial charge is 0.493 e. The third-order valence-electron chi connectivity index (χ3n) is 5.46. The van der Waals surface area contributed by atoms with Crippen LogP contribution in [0, 0.1) is 5.92 Å². The second-order valence-corrected chi connectivity index (χ2v) is 8.85. The van der Waals surface area contributed by atoms with Crippen LogP contribution in [0.15, 0.2) is 48.0 Å². The first-order chi connectivity index (χ1) is 16.0. The van der Waals surface area contributed by atoms with Gasteiger partial charge in [-0.15, -0.1) is 10.2 Å². The molecule has 2 amide bonds. The summed E-state index contributed by atoms with van der Waals surface area (Å²) in [7, 11) is 1.54. The van der Waals surface area contributed by atoms with E-state index in [1.165, 1.54) is 11.3 Å². The molecule has 0 saturated carbocycles. The number of aromatic nitrogens is 2. The molecule has 0 atom stereocenters. The van der Waals surface area contributed by atoms with E-state index < -0.39 is 0 Å². The number of likely N-dealkylation sites (tertiary alicyclic amines) is 1. The van der Waals surface area contributed by atoms with Crippen LogP contribution in [-0.4, -0.2) is 47.1 Å². The number of benzene rings is 2. The Bertz CT molecular complexity index is 1100. The van der Waals surface area contributed by atoms with Gasteiger partial charge in [0, 0.05) is 29.6 Å². The van der Waals surface area contributed by atoms with Gasteiger partial charge in [0.2, 0.25) is 11.0 Å².